The van der Waals surface area contributed by atoms with E-state index in [2.05, 4.69) is 0 Å². The lowest BCUT2D eigenvalue weighted by Crippen LogP contribution is -2.07. The van der Waals surface area contributed by atoms with Crippen molar-refractivity contribution in [3.8, 4) is 0 Å². The second-order valence-corrected chi connectivity index (χ2v) is 11.6. The molecule has 0 aliphatic carbocycles. The summed E-state index contributed by atoms with van der Waals surface area (Å²) < 4.78 is 95.1. The van der Waals surface area contributed by atoms with E-state index in [1.54, 1.807) is 0 Å². The molecule has 0 aromatic heterocycles. The molecule has 0 aliphatic heterocycles. The molecule has 13 nitrogen and oxygen atoms in total. The summed E-state index contributed by atoms with van der Waals surface area (Å²) in [6, 6.07) is 0. The van der Waals surface area contributed by atoms with Crippen molar-refractivity contribution in [2.24, 2.45) is 0 Å². The normalized spacial score (nSPS) is 13.7. The summed E-state index contributed by atoms with van der Waals surface area (Å²) in [5.41, 5.74) is 0. The minimum atomic E-state index is -5.30. The quantitative estimate of drug-likeness (QED) is 0.210. The summed E-state index contributed by atoms with van der Waals surface area (Å²) in [5, 5.41) is 0. The Morgan fingerprint density at radius 1 is 0.379 bits per heavy atom. The van der Waals surface area contributed by atoms with Crippen LogP contribution in [0.1, 0.15) is 41.5 Å². The van der Waals surface area contributed by atoms with Crippen molar-refractivity contribution in [3.63, 3.8) is 0 Å². The van der Waals surface area contributed by atoms with Gasteiger partial charge in [-0.15, -0.1) is 0 Å². The van der Waals surface area contributed by atoms with Crippen LogP contribution < -0.4 is 0 Å². The summed E-state index contributed by atoms with van der Waals surface area (Å²) in [5.74, 6) is 0. The van der Waals surface area contributed by atoms with Crippen LogP contribution in [0.15, 0.2) is 0 Å². The number of hydrogen-bond donors (Lipinski definition) is 0. The zero-order valence-corrected chi connectivity index (χ0v) is 20.9. The highest BCUT2D eigenvalue weighted by Crippen LogP contribution is 2.78. The maximum Gasteiger partial charge on any atom is 0.501 e. The molecule has 0 saturated heterocycles. The van der Waals surface area contributed by atoms with Gasteiger partial charge >= 0.3 is 31.3 Å². The summed E-state index contributed by atoms with van der Waals surface area (Å²) in [4.78, 5) is 0. The molecule has 17 heteroatoms. The summed E-state index contributed by atoms with van der Waals surface area (Å²) >= 11 is 0. The second-order valence-electron chi connectivity index (χ2n) is 4.54. The first-order valence-corrected chi connectivity index (χ1v) is 14.7. The first-order chi connectivity index (χ1) is 13.5. The van der Waals surface area contributed by atoms with E-state index in [4.69, 9.17) is 40.1 Å². The van der Waals surface area contributed by atoms with Crippen LogP contribution in [0.3, 0.4) is 0 Å². The molecule has 29 heavy (non-hydrogen) atoms. The third kappa shape index (κ3) is 11.1. The molecule has 0 N–H and O–H groups in total. The first-order valence-electron chi connectivity index (χ1n) is 8.90. The lowest BCUT2D eigenvalue weighted by atomic mass is 10.9. The average Bonchev–Trinajstić information content (AvgIpc) is 2.54. The van der Waals surface area contributed by atoms with Gasteiger partial charge in [0.1, 0.15) is 0 Å². The molecule has 0 spiro atoms. The molecule has 0 aromatic carbocycles. The predicted octanol–water partition coefficient (Wildman–Crippen LogP) is 5.69. The molecule has 0 saturated carbocycles. The lowest BCUT2D eigenvalue weighted by Gasteiger charge is -2.26. The highest BCUT2D eigenvalue weighted by molar-refractivity contribution is 7.72. The van der Waals surface area contributed by atoms with E-state index in [-0.39, 0.29) is 39.6 Å². The van der Waals surface area contributed by atoms with Crippen molar-refractivity contribution in [1.29, 1.82) is 0 Å². The van der Waals surface area contributed by atoms with Crippen LogP contribution in [0.25, 0.3) is 0 Å². The predicted molar refractivity (Wildman–Crippen MR) is 103 cm³/mol. The second kappa shape index (κ2) is 13.9. The van der Waals surface area contributed by atoms with E-state index in [0.717, 1.165) is 0 Å². The Balaban J connectivity index is 6.13. The number of hydrogen-bond acceptors (Lipinski definition) is 13. The fourth-order valence-corrected chi connectivity index (χ4v) is 8.97. The Labute approximate surface area is 171 Å². The van der Waals surface area contributed by atoms with Gasteiger partial charge in [0, 0.05) is 0 Å². The zero-order chi connectivity index (χ0) is 22.6. The number of rotatable bonds is 18. The van der Waals surface area contributed by atoms with Crippen LogP contribution in [-0.2, 0) is 58.3 Å². The van der Waals surface area contributed by atoms with Crippen LogP contribution in [-0.4, -0.2) is 39.6 Å². The van der Waals surface area contributed by atoms with E-state index in [9.17, 15) is 18.3 Å². The molecule has 0 aromatic rings. The van der Waals surface area contributed by atoms with Crippen molar-refractivity contribution < 1.29 is 58.3 Å². The Kier molecular flexibility index (Phi) is 14.1. The molecular formula is C12H30O13P4. The standard InChI is InChI=1S/C12H30O13P4/c1-7-17-26(13,18-8-2)23-29(16,24-27(14,19-9-3)20-10-4)25-28(15,21-11-5)22-12-6/h7-12H2,1-6H3. The summed E-state index contributed by atoms with van der Waals surface area (Å²) in [6.07, 6.45) is 0. The van der Waals surface area contributed by atoms with E-state index in [1.165, 1.54) is 41.5 Å². The molecule has 0 rings (SSSR count). The van der Waals surface area contributed by atoms with Gasteiger partial charge in [-0.2, -0.15) is 12.9 Å². The minimum Gasteiger partial charge on any atom is -0.287 e. The van der Waals surface area contributed by atoms with E-state index >= 15 is 0 Å². The Morgan fingerprint density at radius 3 is 0.690 bits per heavy atom. The monoisotopic (exact) mass is 506 g/mol. The minimum absolute atomic E-state index is 0.180. The van der Waals surface area contributed by atoms with Gasteiger partial charge in [-0.05, 0) is 41.5 Å². The van der Waals surface area contributed by atoms with Gasteiger partial charge < -0.3 is 0 Å². The molecule has 0 bridgehead atoms. The molecule has 0 amide bonds. The van der Waals surface area contributed by atoms with Crippen LogP contribution in [0.5, 0.6) is 0 Å². The number of phosphoric ester groups is 3. The smallest absolute Gasteiger partial charge is 0.287 e. The Bertz CT molecular complexity index is 538. The third-order valence-corrected chi connectivity index (χ3v) is 10.6. The average molecular weight is 506 g/mol. The molecule has 0 heterocycles. The van der Waals surface area contributed by atoms with Crippen molar-refractivity contribution >= 4 is 31.3 Å². The highest BCUT2D eigenvalue weighted by atomic mass is 31.3. The van der Waals surface area contributed by atoms with Crippen LogP contribution in [0.4, 0.5) is 0 Å². The lowest BCUT2D eigenvalue weighted by molar-refractivity contribution is 0.116. The van der Waals surface area contributed by atoms with Gasteiger partial charge in [-0.1, -0.05) is 0 Å². The molecule has 0 fully saturated rings. The van der Waals surface area contributed by atoms with Gasteiger partial charge in [-0.3, -0.25) is 27.1 Å². The third-order valence-electron chi connectivity index (χ3n) is 2.32. The van der Waals surface area contributed by atoms with E-state index < -0.39 is 31.3 Å². The van der Waals surface area contributed by atoms with E-state index in [0.29, 0.717) is 0 Å². The van der Waals surface area contributed by atoms with Crippen molar-refractivity contribution in [3.05, 3.63) is 0 Å². The van der Waals surface area contributed by atoms with Gasteiger partial charge in [-0.25, -0.2) is 18.3 Å². The maximum absolute atomic E-state index is 13.2. The molecule has 0 unspecified atom stereocenters. The first kappa shape index (κ1) is 29.6. The topological polar surface area (TPSA) is 151 Å². The number of phosphoric acid groups is 4. The Hall–Kier alpha value is 0.560. The summed E-state index contributed by atoms with van der Waals surface area (Å²) in [7, 11) is -19.0. The SMILES string of the molecule is CCOP(=O)(OCC)OP(=O)(OP(=O)(OCC)OCC)OP(=O)(OCC)OCC. The highest BCUT2D eigenvalue weighted by Gasteiger charge is 2.52. The van der Waals surface area contributed by atoms with Gasteiger partial charge in [0.2, 0.25) is 0 Å². The zero-order valence-electron chi connectivity index (χ0n) is 17.3. The van der Waals surface area contributed by atoms with Crippen molar-refractivity contribution in [2.45, 2.75) is 41.5 Å². The van der Waals surface area contributed by atoms with Gasteiger partial charge in [0.15, 0.2) is 0 Å². The molecule has 176 valence electrons. The van der Waals surface area contributed by atoms with E-state index in [1.807, 2.05) is 0 Å². The maximum atomic E-state index is 13.2. The molecule has 0 radical (unpaired) electrons. The summed E-state index contributed by atoms with van der Waals surface area (Å²) in [6.45, 7) is 7.66. The largest absolute Gasteiger partial charge is 0.501 e. The fraction of sp³-hybridized carbons (Fsp3) is 1.00. The molecule has 0 aliphatic rings. The molecular weight excluding hydrogens is 476 g/mol. The van der Waals surface area contributed by atoms with Gasteiger partial charge in [0.05, 0.1) is 39.6 Å². The Morgan fingerprint density at radius 2 is 0.552 bits per heavy atom. The van der Waals surface area contributed by atoms with Crippen LogP contribution in [0.2, 0.25) is 0 Å². The fourth-order valence-electron chi connectivity index (χ4n) is 1.61. The van der Waals surface area contributed by atoms with Crippen LogP contribution >= 0.6 is 31.3 Å². The van der Waals surface area contributed by atoms with Gasteiger partial charge in [0.25, 0.3) is 0 Å². The van der Waals surface area contributed by atoms with Crippen molar-refractivity contribution in [1.82, 2.24) is 0 Å². The molecule has 0 atom stereocenters. The van der Waals surface area contributed by atoms with Crippen LogP contribution in [0, 0.1) is 0 Å². The van der Waals surface area contributed by atoms with Crippen molar-refractivity contribution in [2.75, 3.05) is 39.6 Å².